The van der Waals surface area contributed by atoms with Crippen molar-refractivity contribution in [1.29, 1.82) is 0 Å². The summed E-state index contributed by atoms with van der Waals surface area (Å²) in [6.07, 6.45) is 3.57. The van der Waals surface area contributed by atoms with Gasteiger partial charge in [0.05, 0.1) is 28.8 Å². The van der Waals surface area contributed by atoms with Crippen molar-refractivity contribution in [3.8, 4) is 22.9 Å². The molecule has 17 heteroatoms. The van der Waals surface area contributed by atoms with Crippen molar-refractivity contribution in [2.75, 3.05) is 19.0 Å². The number of carboxylic acids is 1. The van der Waals surface area contributed by atoms with Gasteiger partial charge >= 0.3 is 12.1 Å². The molecule has 0 radical (unpaired) electrons. The predicted octanol–water partition coefficient (Wildman–Crippen LogP) is 6.30. The predicted molar refractivity (Wildman–Crippen MR) is 217 cm³/mol. The van der Waals surface area contributed by atoms with Crippen LogP contribution in [-0.4, -0.2) is 93.2 Å². The summed E-state index contributed by atoms with van der Waals surface area (Å²) >= 11 is 4.87. The van der Waals surface area contributed by atoms with Crippen LogP contribution >= 0.6 is 27.3 Å². The Labute approximate surface area is 343 Å². The Balaban J connectivity index is 1.30. The Hall–Kier alpha value is -4.61. The quantitative estimate of drug-likeness (QED) is 0.140. The number of carbonyl (C=O) groups excluding carboxylic acids is 4. The van der Waals surface area contributed by atoms with Gasteiger partial charge in [-0.1, -0.05) is 40.7 Å². The molecule has 3 aromatic rings. The van der Waals surface area contributed by atoms with Crippen molar-refractivity contribution in [3.05, 3.63) is 40.7 Å². The van der Waals surface area contributed by atoms with Crippen molar-refractivity contribution in [1.82, 2.24) is 25.5 Å². The maximum Gasteiger partial charge on any atom is 0.408 e. The molecule has 2 saturated carbocycles. The second kappa shape index (κ2) is 16.7. The Morgan fingerprint density at radius 2 is 1.79 bits per heavy atom. The summed E-state index contributed by atoms with van der Waals surface area (Å²) in [7, 11) is 1.54. The smallest absolute Gasteiger partial charge is 0.408 e. The average molecular weight is 870 g/mol. The van der Waals surface area contributed by atoms with Crippen LogP contribution in [0.1, 0.15) is 73.1 Å². The van der Waals surface area contributed by atoms with Crippen LogP contribution in [0.3, 0.4) is 0 Å². The van der Waals surface area contributed by atoms with E-state index < -0.39 is 58.9 Å². The summed E-state index contributed by atoms with van der Waals surface area (Å²) < 4.78 is 18.3. The first-order chi connectivity index (χ1) is 27.0. The van der Waals surface area contributed by atoms with Crippen molar-refractivity contribution < 1.29 is 43.3 Å². The number of nitrogens with one attached hydrogen (secondary N) is 3. The molecule has 1 saturated heterocycles. The van der Waals surface area contributed by atoms with Gasteiger partial charge in [-0.15, -0.1) is 17.9 Å². The second-order valence-corrected chi connectivity index (χ2v) is 17.8. The number of likely N-dealkylation sites (tertiary alicyclic amines) is 1. The number of rotatable bonds is 13. The third-order valence-electron chi connectivity index (χ3n) is 10.8. The van der Waals surface area contributed by atoms with E-state index >= 15 is 0 Å². The van der Waals surface area contributed by atoms with Gasteiger partial charge in [0.2, 0.25) is 17.7 Å². The zero-order chi connectivity index (χ0) is 41.4. The van der Waals surface area contributed by atoms with E-state index in [9.17, 15) is 29.1 Å². The number of carbonyl (C=O) groups is 5. The van der Waals surface area contributed by atoms with E-state index in [1.165, 1.54) is 18.4 Å². The highest BCUT2D eigenvalue weighted by molar-refractivity contribution is 9.10. The zero-order valence-corrected chi connectivity index (χ0v) is 35.3. The molecule has 4 amide bonds. The lowest BCUT2D eigenvalue weighted by atomic mass is 9.86. The summed E-state index contributed by atoms with van der Waals surface area (Å²) in [6, 6.07) is 3.05. The Bertz CT molecular complexity index is 2080. The number of benzene rings is 1. The number of fused-ring (bicyclic) bond motifs is 1. The zero-order valence-electron chi connectivity index (χ0n) is 32.8. The number of pyridine rings is 1. The van der Waals surface area contributed by atoms with Crippen LogP contribution in [0.25, 0.3) is 22.3 Å². The highest BCUT2D eigenvalue weighted by atomic mass is 79.9. The molecule has 3 aliphatic rings. The number of thiazole rings is 1. The van der Waals surface area contributed by atoms with Gasteiger partial charge in [0.1, 0.15) is 41.0 Å². The normalized spacial score (nSPS) is 22.8. The van der Waals surface area contributed by atoms with Crippen LogP contribution in [0, 0.1) is 17.3 Å². The number of halogens is 1. The van der Waals surface area contributed by atoms with Crippen molar-refractivity contribution in [2.24, 2.45) is 17.3 Å². The van der Waals surface area contributed by atoms with Crippen molar-refractivity contribution in [3.63, 3.8) is 0 Å². The number of imide groups is 1. The van der Waals surface area contributed by atoms with Gasteiger partial charge in [-0.2, -0.15) is 0 Å². The van der Waals surface area contributed by atoms with E-state index in [0.29, 0.717) is 43.4 Å². The number of anilines is 1. The van der Waals surface area contributed by atoms with Gasteiger partial charge in [0.25, 0.3) is 0 Å². The van der Waals surface area contributed by atoms with E-state index in [1.807, 2.05) is 0 Å². The third-order valence-corrected chi connectivity index (χ3v) is 12.3. The van der Waals surface area contributed by atoms with Gasteiger partial charge in [-0.3, -0.25) is 29.4 Å². The minimum atomic E-state index is -1.43. The first kappa shape index (κ1) is 42.0. The molecular formula is C40H49BrN6O9S. The fraction of sp³-hybridized carbons (Fsp3) is 0.525. The minimum Gasteiger partial charge on any atom is -0.495 e. The molecule has 57 heavy (non-hydrogen) atoms. The Morgan fingerprint density at radius 3 is 2.40 bits per heavy atom. The fourth-order valence-corrected chi connectivity index (χ4v) is 8.86. The summed E-state index contributed by atoms with van der Waals surface area (Å²) in [4.78, 5) is 77.2. The van der Waals surface area contributed by atoms with Crippen LogP contribution in [-0.2, 0) is 23.9 Å². The van der Waals surface area contributed by atoms with Gasteiger partial charge in [0.15, 0.2) is 5.13 Å². The number of alkyl carbamates (subject to hydrolysis) is 1. The Morgan fingerprint density at radius 1 is 1.07 bits per heavy atom. The third kappa shape index (κ3) is 8.79. The van der Waals surface area contributed by atoms with Gasteiger partial charge in [-0.05, 0) is 65.6 Å². The monoisotopic (exact) mass is 868 g/mol. The first-order valence-electron chi connectivity index (χ1n) is 19.0. The lowest BCUT2D eigenvalue weighted by Gasteiger charge is -2.32. The maximum absolute atomic E-state index is 14.2. The van der Waals surface area contributed by atoms with Gasteiger partial charge < -0.3 is 30.0 Å². The molecular weight excluding hydrogens is 820 g/mol. The topological polar surface area (TPSA) is 198 Å². The van der Waals surface area contributed by atoms with Crippen molar-refractivity contribution >= 4 is 73.1 Å². The summed E-state index contributed by atoms with van der Waals surface area (Å²) in [5.74, 6) is -2.52. The number of hydrogen-bond donors (Lipinski definition) is 4. The molecule has 306 valence electrons. The second-order valence-electron chi connectivity index (χ2n) is 16.2. The molecule has 0 bridgehead atoms. The fourth-order valence-electron chi connectivity index (χ4n) is 7.56. The molecule has 1 aliphatic heterocycles. The molecule has 4 N–H and O–H groups in total. The first-order valence-corrected chi connectivity index (χ1v) is 20.7. The summed E-state index contributed by atoms with van der Waals surface area (Å²) in [6.45, 7) is 12.7. The molecule has 1 aromatic carbocycles. The molecule has 5 atom stereocenters. The number of hydrogen-bond acceptors (Lipinski definition) is 12. The van der Waals surface area contributed by atoms with E-state index in [2.05, 4.69) is 43.4 Å². The lowest BCUT2D eigenvalue weighted by molar-refractivity contribution is -0.147. The van der Waals surface area contributed by atoms with Gasteiger partial charge in [0, 0.05) is 41.6 Å². The standard InChI is InChI=1S/C40H49BrN6O9S/c1-8-21-17-40(21,36(51)52)47-18-23(15-27(47)34(49)45-35(50)32(39(4,5)6)44-38(53)56-22-11-9-10-12-22)55-29-16-25(26-19-57-37(43-26)46-33(48)20(2)3)42-31-24(29)13-14-28(54-7)30(31)41/h8,13-14,16,19-23,27,32H,1,9-12,15,17-18H2,2-7H3,(H,44,53)(H,51,52)(H,43,46,48)(H,45,49,50)/t21?,23?,27-,32+,40?/m0/s1. The highest BCUT2D eigenvalue weighted by Gasteiger charge is 2.67. The van der Waals surface area contributed by atoms with Crippen LogP contribution in [0.5, 0.6) is 11.5 Å². The number of amides is 4. The number of ether oxygens (including phenoxy) is 3. The maximum atomic E-state index is 14.2. The molecule has 2 aromatic heterocycles. The molecule has 3 fully saturated rings. The molecule has 2 aliphatic carbocycles. The molecule has 15 nitrogen and oxygen atoms in total. The van der Waals surface area contributed by atoms with Crippen LogP contribution in [0.15, 0.2) is 40.7 Å². The number of methoxy groups -OCH3 is 1. The van der Waals surface area contributed by atoms with Crippen LogP contribution < -0.4 is 25.4 Å². The average Bonchev–Trinajstić information content (AvgIpc) is 3.52. The number of nitrogens with zero attached hydrogens (tertiary/aromatic N) is 3. The minimum absolute atomic E-state index is 0.0356. The SMILES string of the molecule is C=CC1CC1(C(=O)O)N1CC(Oc2cc(-c3csc(NC(=O)C(C)C)n3)nc3c(Br)c(OC)ccc23)C[C@H]1C(=O)NC(=O)[C@@H](NC(=O)OC1CCCC1)C(C)(C)C. The molecule has 0 spiro atoms. The van der Waals surface area contributed by atoms with Crippen molar-refractivity contribution in [2.45, 2.75) is 103 Å². The van der Waals surface area contributed by atoms with Crippen LogP contribution in [0.2, 0.25) is 0 Å². The van der Waals surface area contributed by atoms with E-state index in [0.717, 1.165) is 25.7 Å². The largest absolute Gasteiger partial charge is 0.495 e. The van der Waals surface area contributed by atoms with E-state index in [1.54, 1.807) is 69.2 Å². The molecule has 3 heterocycles. The summed E-state index contributed by atoms with van der Waals surface area (Å²) in [5.41, 5.74) is -0.819. The van der Waals surface area contributed by atoms with E-state index in [-0.39, 0.29) is 37.3 Å². The van der Waals surface area contributed by atoms with E-state index in [4.69, 9.17) is 19.2 Å². The van der Waals surface area contributed by atoms with Crippen LogP contribution in [0.4, 0.5) is 9.93 Å². The molecule has 3 unspecified atom stereocenters. The van der Waals surface area contributed by atoms with Gasteiger partial charge in [-0.25, -0.2) is 14.8 Å². The number of carboxylic acid groups (broad SMARTS) is 1. The number of aliphatic carboxylic acids is 1. The Kier molecular flexibility index (Phi) is 12.3. The number of aromatic nitrogens is 2. The summed E-state index contributed by atoms with van der Waals surface area (Å²) in [5, 5.41) is 21.3. The highest BCUT2D eigenvalue weighted by Crippen LogP contribution is 2.52. The molecule has 6 rings (SSSR count). The lowest BCUT2D eigenvalue weighted by Crippen LogP contribution is -2.59.